The van der Waals surface area contributed by atoms with Gasteiger partial charge in [-0.25, -0.2) is 4.98 Å². The van der Waals surface area contributed by atoms with Gasteiger partial charge in [0.2, 0.25) is 0 Å². The fraction of sp³-hybridized carbons (Fsp3) is 0.545. The molecular formula is C11H18N4. The predicted octanol–water partition coefficient (Wildman–Crippen LogP) is 1.99. The first-order valence-corrected chi connectivity index (χ1v) is 5.54. The summed E-state index contributed by atoms with van der Waals surface area (Å²) in [5, 5.41) is 3.40. The Balaban J connectivity index is 2.00. The van der Waals surface area contributed by atoms with Gasteiger partial charge in [0.15, 0.2) is 0 Å². The number of nitrogens with one attached hydrogen (secondary N) is 1. The smallest absolute Gasteiger partial charge is 0.149 e. The lowest BCUT2D eigenvalue weighted by Gasteiger charge is -2.23. The fourth-order valence-corrected chi connectivity index (χ4v) is 2.02. The molecule has 1 aliphatic carbocycles. The Hall–Kier alpha value is -1.45. The molecule has 1 fully saturated rings. The zero-order valence-electron chi connectivity index (χ0n) is 8.87. The molecule has 0 spiro atoms. The van der Waals surface area contributed by atoms with Gasteiger partial charge in [0.05, 0.1) is 5.69 Å². The van der Waals surface area contributed by atoms with Crippen LogP contribution in [0.5, 0.6) is 0 Å². The monoisotopic (exact) mass is 206 g/mol. The number of nitrogens with two attached hydrogens (primary N) is 2. The summed E-state index contributed by atoms with van der Waals surface area (Å²) in [5.74, 6) is 1.25. The molecule has 0 radical (unpaired) electrons. The van der Waals surface area contributed by atoms with E-state index in [1.54, 1.807) is 6.07 Å². The first-order chi connectivity index (χ1) is 7.25. The molecule has 0 aliphatic heterocycles. The van der Waals surface area contributed by atoms with Crippen LogP contribution in [-0.4, -0.2) is 11.0 Å². The van der Waals surface area contributed by atoms with E-state index >= 15 is 0 Å². The van der Waals surface area contributed by atoms with E-state index in [0.717, 1.165) is 5.82 Å². The highest BCUT2D eigenvalue weighted by molar-refractivity contribution is 5.61. The summed E-state index contributed by atoms with van der Waals surface area (Å²) >= 11 is 0. The SMILES string of the molecule is Nc1ccc(NC2CCCCC2)nc1N. The highest BCUT2D eigenvalue weighted by atomic mass is 15.0. The molecular weight excluding hydrogens is 188 g/mol. The molecule has 0 unspecified atom stereocenters. The van der Waals surface area contributed by atoms with E-state index < -0.39 is 0 Å². The quantitative estimate of drug-likeness (QED) is 0.691. The Morgan fingerprint density at radius 3 is 2.53 bits per heavy atom. The first kappa shape index (κ1) is 10.1. The lowest BCUT2D eigenvalue weighted by atomic mass is 9.95. The Labute approximate surface area is 90.1 Å². The van der Waals surface area contributed by atoms with Gasteiger partial charge in [0.1, 0.15) is 11.6 Å². The average molecular weight is 206 g/mol. The van der Waals surface area contributed by atoms with Crippen LogP contribution >= 0.6 is 0 Å². The molecule has 1 aromatic heterocycles. The number of pyridine rings is 1. The maximum Gasteiger partial charge on any atom is 0.149 e. The molecule has 0 aromatic carbocycles. The number of nitrogen functional groups attached to an aromatic ring is 2. The summed E-state index contributed by atoms with van der Waals surface area (Å²) in [7, 11) is 0. The molecule has 4 heteroatoms. The molecule has 2 rings (SSSR count). The van der Waals surface area contributed by atoms with Crippen molar-refractivity contribution in [1.29, 1.82) is 0 Å². The van der Waals surface area contributed by atoms with Gasteiger partial charge in [-0.2, -0.15) is 0 Å². The Morgan fingerprint density at radius 1 is 1.13 bits per heavy atom. The van der Waals surface area contributed by atoms with Crippen molar-refractivity contribution >= 4 is 17.3 Å². The molecule has 15 heavy (non-hydrogen) atoms. The molecule has 1 aromatic rings. The van der Waals surface area contributed by atoms with Gasteiger partial charge in [-0.15, -0.1) is 0 Å². The second-order valence-electron chi connectivity index (χ2n) is 4.15. The average Bonchev–Trinajstić information content (AvgIpc) is 2.25. The zero-order valence-corrected chi connectivity index (χ0v) is 8.87. The number of hydrogen-bond donors (Lipinski definition) is 3. The second kappa shape index (κ2) is 4.38. The van der Waals surface area contributed by atoms with Crippen molar-refractivity contribution in [2.24, 2.45) is 0 Å². The van der Waals surface area contributed by atoms with Crippen LogP contribution in [0.1, 0.15) is 32.1 Å². The number of rotatable bonds is 2. The molecule has 1 aliphatic rings. The van der Waals surface area contributed by atoms with Gasteiger partial charge in [0.25, 0.3) is 0 Å². The van der Waals surface area contributed by atoms with Crippen LogP contribution in [0.3, 0.4) is 0 Å². The summed E-state index contributed by atoms with van der Waals surface area (Å²) in [6, 6.07) is 4.24. The van der Waals surface area contributed by atoms with E-state index in [1.807, 2.05) is 6.07 Å². The van der Waals surface area contributed by atoms with Crippen molar-refractivity contribution in [3.05, 3.63) is 12.1 Å². The third kappa shape index (κ3) is 2.52. The summed E-state index contributed by atoms with van der Waals surface area (Å²) in [6.45, 7) is 0. The van der Waals surface area contributed by atoms with E-state index in [9.17, 15) is 0 Å². The summed E-state index contributed by atoms with van der Waals surface area (Å²) in [5.41, 5.74) is 11.8. The Kier molecular flexibility index (Phi) is 2.94. The van der Waals surface area contributed by atoms with Gasteiger partial charge in [0, 0.05) is 6.04 Å². The van der Waals surface area contributed by atoms with E-state index in [-0.39, 0.29) is 0 Å². The van der Waals surface area contributed by atoms with Crippen molar-refractivity contribution in [2.45, 2.75) is 38.1 Å². The van der Waals surface area contributed by atoms with Crippen LogP contribution < -0.4 is 16.8 Å². The molecule has 0 amide bonds. The van der Waals surface area contributed by atoms with Crippen molar-refractivity contribution < 1.29 is 0 Å². The van der Waals surface area contributed by atoms with Crippen molar-refractivity contribution in [2.75, 3.05) is 16.8 Å². The van der Waals surface area contributed by atoms with E-state index in [2.05, 4.69) is 10.3 Å². The molecule has 0 saturated heterocycles. The fourth-order valence-electron chi connectivity index (χ4n) is 2.02. The van der Waals surface area contributed by atoms with E-state index in [0.29, 0.717) is 17.5 Å². The number of nitrogens with zero attached hydrogens (tertiary/aromatic N) is 1. The third-order valence-corrected chi connectivity index (χ3v) is 2.91. The molecule has 4 nitrogen and oxygen atoms in total. The molecule has 1 heterocycles. The third-order valence-electron chi connectivity index (χ3n) is 2.91. The van der Waals surface area contributed by atoms with Gasteiger partial charge < -0.3 is 16.8 Å². The Morgan fingerprint density at radius 2 is 1.87 bits per heavy atom. The van der Waals surface area contributed by atoms with E-state index in [4.69, 9.17) is 11.5 Å². The lowest BCUT2D eigenvalue weighted by molar-refractivity contribution is 0.462. The van der Waals surface area contributed by atoms with E-state index in [1.165, 1.54) is 32.1 Å². The predicted molar refractivity (Wildman–Crippen MR) is 63.6 cm³/mol. The maximum absolute atomic E-state index is 5.65. The largest absolute Gasteiger partial charge is 0.396 e. The highest BCUT2D eigenvalue weighted by Gasteiger charge is 2.13. The molecule has 0 atom stereocenters. The normalized spacial score (nSPS) is 17.6. The number of hydrogen-bond acceptors (Lipinski definition) is 4. The van der Waals surface area contributed by atoms with Crippen molar-refractivity contribution in [3.63, 3.8) is 0 Å². The number of anilines is 3. The van der Waals surface area contributed by atoms with Crippen molar-refractivity contribution in [1.82, 2.24) is 4.98 Å². The standard InChI is InChI=1S/C11H18N4/c12-9-6-7-10(15-11(9)13)14-8-4-2-1-3-5-8/h6-8H,1-5,12H2,(H3,13,14,15). The van der Waals surface area contributed by atoms with Gasteiger partial charge in [-0.1, -0.05) is 19.3 Å². The van der Waals surface area contributed by atoms with Crippen LogP contribution in [0.25, 0.3) is 0 Å². The summed E-state index contributed by atoms with van der Waals surface area (Å²) in [6.07, 6.45) is 6.43. The lowest BCUT2D eigenvalue weighted by Crippen LogP contribution is -2.23. The minimum Gasteiger partial charge on any atom is -0.396 e. The topological polar surface area (TPSA) is 77.0 Å². The molecule has 82 valence electrons. The summed E-state index contributed by atoms with van der Waals surface area (Å²) < 4.78 is 0. The van der Waals surface area contributed by atoms with Gasteiger partial charge in [-0.05, 0) is 25.0 Å². The summed E-state index contributed by atoms with van der Waals surface area (Å²) in [4.78, 5) is 4.21. The molecule has 5 N–H and O–H groups in total. The van der Waals surface area contributed by atoms with Crippen molar-refractivity contribution in [3.8, 4) is 0 Å². The Bertz CT molecular complexity index is 331. The second-order valence-corrected chi connectivity index (χ2v) is 4.15. The molecule has 0 bridgehead atoms. The van der Waals surface area contributed by atoms with Crippen LogP contribution in [0, 0.1) is 0 Å². The van der Waals surface area contributed by atoms with Crippen LogP contribution in [0.2, 0.25) is 0 Å². The van der Waals surface area contributed by atoms with Gasteiger partial charge >= 0.3 is 0 Å². The zero-order chi connectivity index (χ0) is 10.7. The van der Waals surface area contributed by atoms with Crippen LogP contribution in [-0.2, 0) is 0 Å². The van der Waals surface area contributed by atoms with Crippen LogP contribution in [0.15, 0.2) is 12.1 Å². The maximum atomic E-state index is 5.65. The first-order valence-electron chi connectivity index (χ1n) is 5.54. The van der Waals surface area contributed by atoms with Crippen LogP contribution in [0.4, 0.5) is 17.3 Å². The van der Waals surface area contributed by atoms with Gasteiger partial charge in [-0.3, -0.25) is 0 Å². The number of aromatic nitrogens is 1. The minimum absolute atomic E-state index is 0.413. The molecule has 1 saturated carbocycles. The minimum atomic E-state index is 0.413. The highest BCUT2D eigenvalue weighted by Crippen LogP contribution is 2.22.